The number of hydrogen-bond donors (Lipinski definition) is 2. The number of nitrogens with two attached hydrogens (primary N) is 1. The van der Waals surface area contributed by atoms with Crippen molar-refractivity contribution in [1.29, 1.82) is 0 Å². The van der Waals surface area contributed by atoms with Crippen LogP contribution in [0.5, 0.6) is 0 Å². The highest BCUT2D eigenvalue weighted by Gasteiger charge is 2.20. The van der Waals surface area contributed by atoms with Crippen LogP contribution in [0.15, 0.2) is 6.07 Å². The van der Waals surface area contributed by atoms with E-state index in [4.69, 9.17) is 5.73 Å². The van der Waals surface area contributed by atoms with Crippen molar-refractivity contribution < 1.29 is 0 Å². The van der Waals surface area contributed by atoms with Crippen molar-refractivity contribution in [2.45, 2.75) is 64.5 Å². The van der Waals surface area contributed by atoms with Crippen LogP contribution in [0.2, 0.25) is 0 Å². The minimum Gasteiger partial charge on any atom is -0.366 e. The lowest BCUT2D eigenvalue weighted by Crippen LogP contribution is -2.39. The maximum atomic E-state index is 6.23. The van der Waals surface area contributed by atoms with Gasteiger partial charge >= 0.3 is 0 Å². The topological polar surface area (TPSA) is 63.8 Å². The third-order valence-corrected chi connectivity index (χ3v) is 3.66. The van der Waals surface area contributed by atoms with E-state index in [0.29, 0.717) is 6.04 Å². The summed E-state index contributed by atoms with van der Waals surface area (Å²) in [5, 5.41) is 3.51. The van der Waals surface area contributed by atoms with Crippen molar-refractivity contribution in [2.75, 3.05) is 5.32 Å². The predicted octanol–water partition coefficient (Wildman–Crippen LogP) is 2.42. The highest BCUT2D eigenvalue weighted by molar-refractivity contribution is 5.37. The van der Waals surface area contributed by atoms with Gasteiger partial charge in [-0.1, -0.05) is 26.2 Å². The van der Waals surface area contributed by atoms with Crippen LogP contribution >= 0.6 is 0 Å². The van der Waals surface area contributed by atoms with Gasteiger partial charge in [0.05, 0.1) is 0 Å². The van der Waals surface area contributed by atoms with Gasteiger partial charge in [-0.25, -0.2) is 9.97 Å². The van der Waals surface area contributed by atoms with Gasteiger partial charge in [0.25, 0.3) is 0 Å². The van der Waals surface area contributed by atoms with Gasteiger partial charge in [-0.2, -0.15) is 0 Å². The van der Waals surface area contributed by atoms with E-state index in [-0.39, 0.29) is 6.04 Å². The maximum absolute atomic E-state index is 6.23. The molecular formula is C14H24N4. The standard InChI is InChI=1S/C14H24N4/c1-3-11-9-14(17-10(2)16-11)18-13-8-6-4-5-7-12(13)15/h9,12-13H,3-8,15H2,1-2H3,(H,16,17,18). The number of aryl methyl sites for hydroxylation is 2. The second-order valence-electron chi connectivity index (χ2n) is 5.20. The summed E-state index contributed by atoms with van der Waals surface area (Å²) >= 11 is 0. The first kappa shape index (κ1) is 13.3. The number of hydrogen-bond acceptors (Lipinski definition) is 4. The zero-order valence-corrected chi connectivity index (χ0v) is 11.4. The van der Waals surface area contributed by atoms with Crippen LogP contribution in [0.1, 0.15) is 50.5 Å². The molecule has 100 valence electrons. The molecule has 1 saturated carbocycles. The molecule has 0 amide bonds. The number of aromatic nitrogens is 2. The van der Waals surface area contributed by atoms with Gasteiger partial charge in [0.15, 0.2) is 0 Å². The van der Waals surface area contributed by atoms with Crippen LogP contribution in [-0.2, 0) is 6.42 Å². The molecule has 1 aromatic heterocycles. The van der Waals surface area contributed by atoms with Crippen molar-refractivity contribution in [3.63, 3.8) is 0 Å². The van der Waals surface area contributed by atoms with Crippen LogP contribution in [0, 0.1) is 6.92 Å². The molecule has 18 heavy (non-hydrogen) atoms. The highest BCUT2D eigenvalue weighted by Crippen LogP contribution is 2.20. The summed E-state index contributed by atoms with van der Waals surface area (Å²) in [5.41, 5.74) is 7.32. The highest BCUT2D eigenvalue weighted by atomic mass is 15.1. The molecule has 0 spiro atoms. The van der Waals surface area contributed by atoms with E-state index in [1.54, 1.807) is 0 Å². The van der Waals surface area contributed by atoms with E-state index < -0.39 is 0 Å². The van der Waals surface area contributed by atoms with E-state index in [2.05, 4.69) is 22.2 Å². The zero-order valence-electron chi connectivity index (χ0n) is 11.4. The average molecular weight is 248 g/mol. The molecule has 2 rings (SSSR count). The molecule has 1 aliphatic carbocycles. The monoisotopic (exact) mass is 248 g/mol. The summed E-state index contributed by atoms with van der Waals surface area (Å²) in [6.45, 7) is 4.06. The fraction of sp³-hybridized carbons (Fsp3) is 0.714. The van der Waals surface area contributed by atoms with Gasteiger partial charge in [-0.15, -0.1) is 0 Å². The summed E-state index contributed by atoms with van der Waals surface area (Å²) in [6, 6.07) is 2.64. The number of anilines is 1. The fourth-order valence-corrected chi connectivity index (χ4v) is 2.59. The minimum absolute atomic E-state index is 0.243. The molecule has 1 heterocycles. The minimum atomic E-state index is 0.243. The average Bonchev–Trinajstić information content (AvgIpc) is 2.54. The third kappa shape index (κ3) is 3.42. The first-order chi connectivity index (χ1) is 8.69. The first-order valence-electron chi connectivity index (χ1n) is 7.05. The zero-order chi connectivity index (χ0) is 13.0. The van der Waals surface area contributed by atoms with Crippen LogP contribution in [0.3, 0.4) is 0 Å². The number of nitrogens with one attached hydrogen (secondary N) is 1. The van der Waals surface area contributed by atoms with E-state index in [1.165, 1.54) is 19.3 Å². The Hall–Kier alpha value is -1.16. The SMILES string of the molecule is CCc1cc(NC2CCCCCC2N)nc(C)n1. The quantitative estimate of drug-likeness (QED) is 0.806. The summed E-state index contributed by atoms with van der Waals surface area (Å²) in [4.78, 5) is 8.86. The smallest absolute Gasteiger partial charge is 0.130 e. The molecule has 1 fully saturated rings. The summed E-state index contributed by atoms with van der Waals surface area (Å²) in [6.07, 6.45) is 7.01. The fourth-order valence-electron chi connectivity index (χ4n) is 2.59. The summed E-state index contributed by atoms with van der Waals surface area (Å²) in [7, 11) is 0. The number of nitrogens with zero attached hydrogens (tertiary/aromatic N) is 2. The lowest BCUT2D eigenvalue weighted by atomic mass is 10.0. The Kier molecular flexibility index (Phi) is 4.53. The molecule has 0 aliphatic heterocycles. The van der Waals surface area contributed by atoms with Crippen molar-refractivity contribution in [1.82, 2.24) is 9.97 Å². The molecule has 1 aliphatic rings. The molecule has 0 aromatic carbocycles. The van der Waals surface area contributed by atoms with Gasteiger partial charge in [0, 0.05) is 23.8 Å². The van der Waals surface area contributed by atoms with Crippen molar-refractivity contribution in [2.24, 2.45) is 5.73 Å². The van der Waals surface area contributed by atoms with Crippen LogP contribution in [-0.4, -0.2) is 22.1 Å². The molecule has 2 atom stereocenters. The van der Waals surface area contributed by atoms with Crippen LogP contribution < -0.4 is 11.1 Å². The Bertz CT molecular complexity index is 391. The Morgan fingerprint density at radius 1 is 1.28 bits per heavy atom. The Morgan fingerprint density at radius 3 is 2.83 bits per heavy atom. The second-order valence-corrected chi connectivity index (χ2v) is 5.20. The van der Waals surface area contributed by atoms with Crippen molar-refractivity contribution >= 4 is 5.82 Å². The van der Waals surface area contributed by atoms with Crippen molar-refractivity contribution in [3.8, 4) is 0 Å². The summed E-state index contributed by atoms with van der Waals surface area (Å²) < 4.78 is 0. The van der Waals surface area contributed by atoms with E-state index in [9.17, 15) is 0 Å². The van der Waals surface area contributed by atoms with Crippen molar-refractivity contribution in [3.05, 3.63) is 17.6 Å². The molecule has 4 heteroatoms. The van der Waals surface area contributed by atoms with Gasteiger partial charge in [0.2, 0.25) is 0 Å². The molecule has 0 bridgehead atoms. The van der Waals surface area contributed by atoms with E-state index in [1.807, 2.05) is 13.0 Å². The molecule has 0 radical (unpaired) electrons. The lowest BCUT2D eigenvalue weighted by molar-refractivity contribution is 0.526. The summed E-state index contributed by atoms with van der Waals surface area (Å²) in [5.74, 6) is 1.76. The van der Waals surface area contributed by atoms with Crippen LogP contribution in [0.4, 0.5) is 5.82 Å². The van der Waals surface area contributed by atoms with Gasteiger partial charge in [-0.3, -0.25) is 0 Å². The normalized spacial score (nSPS) is 24.6. The van der Waals surface area contributed by atoms with Gasteiger partial charge in [0.1, 0.15) is 11.6 Å². The first-order valence-corrected chi connectivity index (χ1v) is 7.05. The predicted molar refractivity (Wildman–Crippen MR) is 74.6 cm³/mol. The number of rotatable bonds is 3. The largest absolute Gasteiger partial charge is 0.366 e. The molecule has 2 unspecified atom stereocenters. The Morgan fingerprint density at radius 2 is 2.06 bits per heavy atom. The van der Waals surface area contributed by atoms with E-state index in [0.717, 1.165) is 36.6 Å². The molecule has 1 aromatic rings. The Labute approximate surface area is 109 Å². The van der Waals surface area contributed by atoms with Gasteiger partial charge in [-0.05, 0) is 26.2 Å². The molecule has 4 nitrogen and oxygen atoms in total. The molecule has 0 saturated heterocycles. The second kappa shape index (κ2) is 6.14. The van der Waals surface area contributed by atoms with E-state index >= 15 is 0 Å². The Balaban J connectivity index is 2.09. The maximum Gasteiger partial charge on any atom is 0.130 e. The van der Waals surface area contributed by atoms with Crippen LogP contribution in [0.25, 0.3) is 0 Å². The molecular weight excluding hydrogens is 224 g/mol. The lowest BCUT2D eigenvalue weighted by Gasteiger charge is -2.23. The van der Waals surface area contributed by atoms with Gasteiger partial charge < -0.3 is 11.1 Å². The molecule has 3 N–H and O–H groups in total. The third-order valence-electron chi connectivity index (χ3n) is 3.66.